The largest absolute Gasteiger partial charge is 0.497 e. The summed E-state index contributed by atoms with van der Waals surface area (Å²) in [6.07, 6.45) is 0.134. The molecule has 1 heterocycles. The van der Waals surface area contributed by atoms with E-state index in [0.717, 1.165) is 22.6 Å². The summed E-state index contributed by atoms with van der Waals surface area (Å²) in [7, 11) is 1.57. The van der Waals surface area contributed by atoms with Crippen molar-refractivity contribution in [1.29, 1.82) is 0 Å². The second-order valence-corrected chi connectivity index (χ2v) is 6.63. The van der Waals surface area contributed by atoms with Gasteiger partial charge in [0.2, 0.25) is 5.91 Å². The van der Waals surface area contributed by atoms with E-state index in [1.807, 2.05) is 42.5 Å². The molecule has 0 saturated heterocycles. The van der Waals surface area contributed by atoms with Crippen molar-refractivity contribution in [3.05, 3.63) is 65.9 Å². The lowest BCUT2D eigenvalue weighted by Gasteiger charge is -2.05. The molecule has 0 atom stereocenters. The Balaban J connectivity index is 1.74. The minimum absolute atomic E-state index is 0.0254. The van der Waals surface area contributed by atoms with Crippen molar-refractivity contribution < 1.29 is 14.3 Å². The highest BCUT2D eigenvalue weighted by Crippen LogP contribution is 2.30. The summed E-state index contributed by atoms with van der Waals surface area (Å²) in [4.78, 5) is 28.3. The van der Waals surface area contributed by atoms with Gasteiger partial charge in [-0.2, -0.15) is 0 Å². The predicted molar refractivity (Wildman–Crippen MR) is 106 cm³/mol. The molecule has 3 rings (SSSR count). The first-order valence-corrected chi connectivity index (χ1v) is 8.92. The molecule has 138 valence electrons. The Bertz CT molecular complexity index is 957. The highest BCUT2D eigenvalue weighted by Gasteiger charge is 2.18. The predicted octanol–water partition coefficient (Wildman–Crippen LogP) is 3.18. The normalized spacial score (nSPS) is 10.3. The molecule has 8 heteroatoms. The minimum atomic E-state index is -0.705. The Hall–Kier alpha value is -3.39. The highest BCUT2D eigenvalue weighted by molar-refractivity contribution is 7.20. The van der Waals surface area contributed by atoms with Gasteiger partial charge in [-0.05, 0) is 29.8 Å². The molecule has 3 aromatic rings. The molecule has 0 aliphatic carbocycles. The van der Waals surface area contributed by atoms with Gasteiger partial charge >= 0.3 is 0 Å². The molecule has 0 radical (unpaired) electrons. The van der Waals surface area contributed by atoms with Gasteiger partial charge in [0, 0.05) is 5.69 Å². The van der Waals surface area contributed by atoms with Crippen LogP contribution >= 0.6 is 11.3 Å². The van der Waals surface area contributed by atoms with E-state index in [4.69, 9.17) is 10.5 Å². The number of amides is 2. The van der Waals surface area contributed by atoms with E-state index < -0.39 is 5.91 Å². The Morgan fingerprint density at radius 2 is 1.93 bits per heavy atom. The van der Waals surface area contributed by atoms with Crippen LogP contribution in [0, 0.1) is 0 Å². The van der Waals surface area contributed by atoms with Crippen LogP contribution < -0.4 is 21.1 Å². The first kappa shape index (κ1) is 18.4. The Labute approximate surface area is 160 Å². The van der Waals surface area contributed by atoms with Crippen molar-refractivity contribution in [2.75, 3.05) is 17.7 Å². The van der Waals surface area contributed by atoms with E-state index in [0.29, 0.717) is 15.9 Å². The maximum atomic E-state index is 12.4. The number of nitrogens with two attached hydrogens (primary N) is 1. The standard InChI is InChI=1S/C19H18N4O3S/c1-26-14-9-5-6-12(10-14)11-15(24)22-18-16(17(20)25)23-19(27-18)21-13-7-3-2-4-8-13/h2-10H,11H2,1H3,(H2,20,25)(H,21,23)(H,22,24). The molecular weight excluding hydrogens is 364 g/mol. The van der Waals surface area contributed by atoms with Crippen molar-refractivity contribution in [2.24, 2.45) is 5.73 Å². The second-order valence-electron chi connectivity index (χ2n) is 5.63. The Morgan fingerprint density at radius 3 is 2.63 bits per heavy atom. The number of hydrogen-bond donors (Lipinski definition) is 3. The molecule has 0 bridgehead atoms. The number of benzene rings is 2. The Morgan fingerprint density at radius 1 is 1.15 bits per heavy atom. The third-order valence-corrected chi connectivity index (χ3v) is 4.52. The maximum Gasteiger partial charge on any atom is 0.270 e. The van der Waals surface area contributed by atoms with Crippen LogP contribution in [0.3, 0.4) is 0 Å². The van der Waals surface area contributed by atoms with Crippen molar-refractivity contribution in [1.82, 2.24) is 4.98 Å². The number of carbonyl (C=O) groups excluding carboxylic acids is 2. The zero-order chi connectivity index (χ0) is 19.2. The molecular formula is C19H18N4O3S. The van der Waals surface area contributed by atoms with Crippen LogP contribution in [-0.4, -0.2) is 23.9 Å². The third-order valence-electron chi connectivity index (χ3n) is 3.64. The van der Waals surface area contributed by atoms with Gasteiger partial charge in [0.05, 0.1) is 13.5 Å². The van der Waals surface area contributed by atoms with Gasteiger partial charge in [-0.1, -0.05) is 41.7 Å². The van der Waals surface area contributed by atoms with E-state index in [1.54, 1.807) is 19.2 Å². The molecule has 0 unspecified atom stereocenters. The summed E-state index contributed by atoms with van der Waals surface area (Å²) in [5.74, 6) is -0.310. The lowest BCUT2D eigenvalue weighted by Crippen LogP contribution is -2.18. The van der Waals surface area contributed by atoms with Crippen molar-refractivity contribution in [3.8, 4) is 5.75 Å². The molecule has 0 saturated carbocycles. The van der Waals surface area contributed by atoms with Crippen molar-refractivity contribution in [2.45, 2.75) is 6.42 Å². The summed E-state index contributed by atoms with van der Waals surface area (Å²) in [6.45, 7) is 0. The van der Waals surface area contributed by atoms with Crippen LogP contribution in [0.1, 0.15) is 16.1 Å². The molecule has 0 aliphatic heterocycles. The van der Waals surface area contributed by atoms with Crippen LogP contribution in [0.4, 0.5) is 15.8 Å². The number of carbonyl (C=O) groups is 2. The quantitative estimate of drug-likeness (QED) is 0.582. The molecule has 2 aromatic carbocycles. The summed E-state index contributed by atoms with van der Waals surface area (Å²) >= 11 is 1.15. The summed E-state index contributed by atoms with van der Waals surface area (Å²) in [5, 5.41) is 6.59. The molecule has 1 aromatic heterocycles. The number of primary amides is 1. The maximum absolute atomic E-state index is 12.4. The number of rotatable bonds is 7. The summed E-state index contributed by atoms with van der Waals surface area (Å²) in [5.41, 5.74) is 7.03. The smallest absolute Gasteiger partial charge is 0.270 e. The monoisotopic (exact) mass is 382 g/mol. The van der Waals surface area contributed by atoms with Gasteiger partial charge < -0.3 is 21.1 Å². The van der Waals surface area contributed by atoms with E-state index in [9.17, 15) is 9.59 Å². The van der Waals surface area contributed by atoms with E-state index in [-0.39, 0.29) is 18.0 Å². The van der Waals surface area contributed by atoms with Crippen molar-refractivity contribution >= 4 is 39.0 Å². The topological polar surface area (TPSA) is 106 Å². The Kier molecular flexibility index (Phi) is 5.68. The van der Waals surface area contributed by atoms with Gasteiger partial charge in [-0.3, -0.25) is 9.59 Å². The third kappa shape index (κ3) is 4.83. The SMILES string of the molecule is COc1cccc(CC(=O)Nc2sc(Nc3ccccc3)nc2C(N)=O)c1. The van der Waals surface area contributed by atoms with Gasteiger partial charge in [-0.15, -0.1) is 0 Å². The summed E-state index contributed by atoms with van der Waals surface area (Å²) in [6, 6.07) is 16.6. The van der Waals surface area contributed by atoms with Crippen LogP contribution in [0.2, 0.25) is 0 Å². The molecule has 0 aliphatic rings. The zero-order valence-electron chi connectivity index (χ0n) is 14.6. The number of para-hydroxylation sites is 1. The van der Waals surface area contributed by atoms with E-state index in [2.05, 4.69) is 15.6 Å². The summed E-state index contributed by atoms with van der Waals surface area (Å²) < 4.78 is 5.16. The van der Waals surface area contributed by atoms with Crippen molar-refractivity contribution in [3.63, 3.8) is 0 Å². The number of nitrogens with one attached hydrogen (secondary N) is 2. The average Bonchev–Trinajstić information content (AvgIpc) is 3.05. The number of methoxy groups -OCH3 is 1. The molecule has 0 spiro atoms. The van der Waals surface area contributed by atoms with Gasteiger partial charge in [0.25, 0.3) is 5.91 Å². The van der Waals surface area contributed by atoms with Crippen LogP contribution in [0.15, 0.2) is 54.6 Å². The number of ether oxygens (including phenoxy) is 1. The molecule has 27 heavy (non-hydrogen) atoms. The van der Waals surface area contributed by atoms with E-state index in [1.165, 1.54) is 0 Å². The lowest BCUT2D eigenvalue weighted by molar-refractivity contribution is -0.115. The fraction of sp³-hybridized carbons (Fsp3) is 0.105. The van der Waals surface area contributed by atoms with Crippen LogP contribution in [0.25, 0.3) is 0 Å². The van der Waals surface area contributed by atoms with Gasteiger partial charge in [-0.25, -0.2) is 4.98 Å². The first-order chi connectivity index (χ1) is 13.0. The number of anilines is 3. The molecule has 2 amide bonds. The van der Waals surface area contributed by atoms with Gasteiger partial charge in [0.1, 0.15) is 10.8 Å². The lowest BCUT2D eigenvalue weighted by atomic mass is 10.1. The fourth-order valence-electron chi connectivity index (χ4n) is 2.41. The average molecular weight is 382 g/mol. The molecule has 0 fully saturated rings. The minimum Gasteiger partial charge on any atom is -0.497 e. The van der Waals surface area contributed by atoms with Gasteiger partial charge in [0.15, 0.2) is 10.8 Å². The second kappa shape index (κ2) is 8.33. The number of aromatic nitrogens is 1. The molecule has 7 nitrogen and oxygen atoms in total. The van der Waals surface area contributed by atoms with E-state index >= 15 is 0 Å². The van der Waals surface area contributed by atoms with Crippen LogP contribution in [-0.2, 0) is 11.2 Å². The fourth-order valence-corrected chi connectivity index (χ4v) is 3.32. The number of nitrogens with zero attached hydrogens (tertiary/aromatic N) is 1. The highest BCUT2D eigenvalue weighted by atomic mass is 32.1. The number of thiazole rings is 1. The number of hydrogen-bond acceptors (Lipinski definition) is 6. The zero-order valence-corrected chi connectivity index (χ0v) is 15.4. The first-order valence-electron chi connectivity index (χ1n) is 8.10. The van der Waals surface area contributed by atoms with Crippen LogP contribution in [0.5, 0.6) is 5.75 Å². The molecule has 4 N–H and O–H groups in total.